The molecule has 0 saturated heterocycles. The molecule has 1 aromatic carbocycles. The van der Waals surface area contributed by atoms with Gasteiger partial charge in [-0.3, -0.25) is 0 Å². The van der Waals surface area contributed by atoms with Crippen molar-refractivity contribution >= 4 is 0 Å². The highest BCUT2D eigenvalue weighted by Gasteiger charge is 2.27. The highest BCUT2D eigenvalue weighted by molar-refractivity contribution is 5.25. The third kappa shape index (κ3) is 3.32. The first-order chi connectivity index (χ1) is 7.44. The van der Waals surface area contributed by atoms with E-state index in [0.717, 1.165) is 0 Å². The minimum atomic E-state index is -0.297. The molecule has 1 aromatic rings. The van der Waals surface area contributed by atoms with Crippen LogP contribution in [0.15, 0.2) is 30.3 Å². The Morgan fingerprint density at radius 2 is 1.75 bits per heavy atom. The number of hydrogen-bond donors (Lipinski definition) is 2. The van der Waals surface area contributed by atoms with Gasteiger partial charge in [-0.2, -0.15) is 0 Å². The topological polar surface area (TPSA) is 32.3 Å². The zero-order valence-electron chi connectivity index (χ0n) is 10.7. The van der Waals surface area contributed by atoms with Crippen molar-refractivity contribution in [1.29, 1.82) is 0 Å². The molecule has 0 aromatic heterocycles. The molecule has 0 saturated carbocycles. The van der Waals surface area contributed by atoms with Crippen LogP contribution in [-0.4, -0.2) is 23.8 Å². The van der Waals surface area contributed by atoms with E-state index in [9.17, 15) is 5.11 Å². The zero-order valence-corrected chi connectivity index (χ0v) is 10.7. The molecular formula is C14H23NO. The lowest BCUT2D eigenvalue weighted by atomic mass is 9.78. The minimum Gasteiger partial charge on any atom is -0.392 e. The van der Waals surface area contributed by atoms with Gasteiger partial charge in [0.1, 0.15) is 0 Å². The molecule has 0 bridgehead atoms. The summed E-state index contributed by atoms with van der Waals surface area (Å²) >= 11 is 0. The molecule has 2 atom stereocenters. The summed E-state index contributed by atoms with van der Waals surface area (Å²) in [7, 11) is 0. The molecule has 0 heterocycles. The van der Waals surface area contributed by atoms with Gasteiger partial charge in [-0.15, -0.1) is 0 Å². The summed E-state index contributed by atoms with van der Waals surface area (Å²) < 4.78 is 0. The zero-order chi connectivity index (χ0) is 12.2. The van der Waals surface area contributed by atoms with Crippen LogP contribution in [0.25, 0.3) is 0 Å². The van der Waals surface area contributed by atoms with Gasteiger partial charge >= 0.3 is 0 Å². The van der Waals surface area contributed by atoms with E-state index in [1.165, 1.54) is 5.56 Å². The average molecular weight is 221 g/mol. The molecule has 2 unspecified atom stereocenters. The van der Waals surface area contributed by atoms with Gasteiger partial charge in [-0.05, 0) is 19.4 Å². The predicted molar refractivity (Wildman–Crippen MR) is 68.6 cm³/mol. The summed E-state index contributed by atoms with van der Waals surface area (Å²) in [6.07, 6.45) is -0.297. The van der Waals surface area contributed by atoms with Crippen molar-refractivity contribution in [2.45, 2.75) is 45.3 Å². The maximum absolute atomic E-state index is 9.28. The van der Waals surface area contributed by atoms with Crippen LogP contribution in [-0.2, 0) is 5.41 Å². The molecule has 16 heavy (non-hydrogen) atoms. The number of aliphatic hydroxyl groups is 1. The molecule has 0 amide bonds. The normalized spacial score (nSPS) is 15.8. The quantitative estimate of drug-likeness (QED) is 0.800. The maximum atomic E-state index is 9.28. The van der Waals surface area contributed by atoms with Crippen LogP contribution < -0.4 is 5.32 Å². The summed E-state index contributed by atoms with van der Waals surface area (Å²) in [5.74, 6) is 0. The number of aliphatic hydroxyl groups excluding tert-OH is 1. The Morgan fingerprint density at radius 1 is 1.19 bits per heavy atom. The third-order valence-corrected chi connectivity index (χ3v) is 3.32. The van der Waals surface area contributed by atoms with Crippen molar-refractivity contribution < 1.29 is 5.11 Å². The van der Waals surface area contributed by atoms with Crippen LogP contribution in [0.2, 0.25) is 0 Å². The molecule has 90 valence electrons. The van der Waals surface area contributed by atoms with Gasteiger partial charge in [0.15, 0.2) is 0 Å². The lowest BCUT2D eigenvalue weighted by molar-refractivity contribution is 0.180. The second kappa shape index (κ2) is 5.46. The first-order valence-electron chi connectivity index (χ1n) is 5.91. The molecule has 0 aliphatic rings. The third-order valence-electron chi connectivity index (χ3n) is 3.32. The second-order valence-electron chi connectivity index (χ2n) is 5.07. The molecule has 2 heteroatoms. The molecule has 0 aliphatic carbocycles. The van der Waals surface area contributed by atoms with Gasteiger partial charge in [0.25, 0.3) is 0 Å². The van der Waals surface area contributed by atoms with Gasteiger partial charge in [-0.25, -0.2) is 0 Å². The van der Waals surface area contributed by atoms with Gasteiger partial charge in [0.05, 0.1) is 6.10 Å². The number of hydrogen-bond acceptors (Lipinski definition) is 2. The molecule has 2 nitrogen and oxygen atoms in total. The lowest BCUT2D eigenvalue weighted by Crippen LogP contribution is -2.44. The summed E-state index contributed by atoms with van der Waals surface area (Å²) in [6, 6.07) is 10.8. The Morgan fingerprint density at radius 3 is 2.25 bits per heavy atom. The van der Waals surface area contributed by atoms with E-state index < -0.39 is 0 Å². The number of rotatable bonds is 5. The van der Waals surface area contributed by atoms with Gasteiger partial charge in [0.2, 0.25) is 0 Å². The fourth-order valence-corrected chi connectivity index (χ4v) is 1.72. The SMILES string of the molecule is CC(O)CNC(C)C(C)(C)c1ccccc1. The largest absolute Gasteiger partial charge is 0.392 e. The average Bonchev–Trinajstić information content (AvgIpc) is 2.27. The van der Waals surface area contributed by atoms with E-state index >= 15 is 0 Å². The number of nitrogens with one attached hydrogen (secondary N) is 1. The van der Waals surface area contributed by atoms with E-state index in [-0.39, 0.29) is 11.5 Å². The van der Waals surface area contributed by atoms with Crippen LogP contribution in [0.1, 0.15) is 33.3 Å². The van der Waals surface area contributed by atoms with Crippen LogP contribution >= 0.6 is 0 Å². The Labute approximate surface area is 98.7 Å². The Kier molecular flexibility index (Phi) is 4.51. The van der Waals surface area contributed by atoms with Gasteiger partial charge in [-0.1, -0.05) is 44.2 Å². The van der Waals surface area contributed by atoms with Crippen LogP contribution in [0.3, 0.4) is 0 Å². The Bertz CT molecular complexity index is 306. The summed E-state index contributed by atoms with van der Waals surface area (Å²) in [4.78, 5) is 0. The van der Waals surface area contributed by atoms with Crippen molar-refractivity contribution in [2.75, 3.05) is 6.54 Å². The first-order valence-corrected chi connectivity index (χ1v) is 5.91. The van der Waals surface area contributed by atoms with Crippen LogP contribution in [0, 0.1) is 0 Å². The van der Waals surface area contributed by atoms with Crippen LogP contribution in [0.5, 0.6) is 0 Å². The van der Waals surface area contributed by atoms with E-state index in [1.807, 2.05) is 6.07 Å². The minimum absolute atomic E-state index is 0.0656. The molecule has 1 rings (SSSR count). The predicted octanol–water partition coefficient (Wildman–Crippen LogP) is 2.32. The van der Waals surface area contributed by atoms with E-state index in [2.05, 4.69) is 50.4 Å². The molecule has 0 aliphatic heterocycles. The fraction of sp³-hybridized carbons (Fsp3) is 0.571. The highest BCUT2D eigenvalue weighted by Crippen LogP contribution is 2.26. The van der Waals surface area contributed by atoms with E-state index in [0.29, 0.717) is 12.6 Å². The van der Waals surface area contributed by atoms with Crippen molar-refractivity contribution in [3.8, 4) is 0 Å². The number of benzene rings is 1. The van der Waals surface area contributed by atoms with Crippen molar-refractivity contribution in [1.82, 2.24) is 5.32 Å². The maximum Gasteiger partial charge on any atom is 0.0636 e. The van der Waals surface area contributed by atoms with E-state index in [1.54, 1.807) is 6.92 Å². The monoisotopic (exact) mass is 221 g/mol. The second-order valence-corrected chi connectivity index (χ2v) is 5.07. The summed E-state index contributed by atoms with van der Waals surface area (Å²) in [5, 5.41) is 12.6. The Hall–Kier alpha value is -0.860. The van der Waals surface area contributed by atoms with E-state index in [4.69, 9.17) is 0 Å². The molecule has 0 spiro atoms. The van der Waals surface area contributed by atoms with Crippen molar-refractivity contribution in [2.24, 2.45) is 0 Å². The van der Waals surface area contributed by atoms with Crippen LogP contribution in [0.4, 0.5) is 0 Å². The van der Waals surface area contributed by atoms with Crippen molar-refractivity contribution in [3.05, 3.63) is 35.9 Å². The summed E-state index contributed by atoms with van der Waals surface area (Å²) in [5.41, 5.74) is 1.39. The molecule has 0 fully saturated rings. The fourth-order valence-electron chi connectivity index (χ4n) is 1.72. The smallest absolute Gasteiger partial charge is 0.0636 e. The molecule has 0 radical (unpaired) electrons. The van der Waals surface area contributed by atoms with Gasteiger partial charge < -0.3 is 10.4 Å². The molecular weight excluding hydrogens is 198 g/mol. The van der Waals surface area contributed by atoms with Gasteiger partial charge in [0, 0.05) is 18.0 Å². The van der Waals surface area contributed by atoms with Crippen molar-refractivity contribution in [3.63, 3.8) is 0 Å². The lowest BCUT2D eigenvalue weighted by Gasteiger charge is -2.33. The molecule has 2 N–H and O–H groups in total. The highest BCUT2D eigenvalue weighted by atomic mass is 16.3. The Balaban J connectivity index is 2.69. The standard InChI is InChI=1S/C14H23NO/c1-11(16)10-15-12(2)14(3,4)13-8-6-5-7-9-13/h5-9,11-12,15-16H,10H2,1-4H3. The first kappa shape index (κ1) is 13.2. The summed E-state index contributed by atoms with van der Waals surface area (Å²) in [6.45, 7) is 9.05.